The van der Waals surface area contributed by atoms with Gasteiger partial charge in [-0.15, -0.1) is 0 Å². The molecule has 0 bridgehead atoms. The summed E-state index contributed by atoms with van der Waals surface area (Å²) in [5, 5.41) is 28.4. The van der Waals surface area contributed by atoms with E-state index in [9.17, 15) is 24.2 Å². The topological polar surface area (TPSA) is 139 Å². The van der Waals surface area contributed by atoms with Crippen LogP contribution in [-0.4, -0.2) is 64.8 Å². The molecule has 4 aromatic rings. The number of aliphatic hydroxyl groups excluding tert-OH is 2. The molecule has 270 valence electrons. The average molecular weight is 700 g/mol. The summed E-state index contributed by atoms with van der Waals surface area (Å²) in [4.78, 5) is 31.4. The summed E-state index contributed by atoms with van der Waals surface area (Å²) in [5.74, 6) is -0.839. The van der Waals surface area contributed by atoms with E-state index in [0.717, 1.165) is 22.3 Å². The van der Waals surface area contributed by atoms with Gasteiger partial charge in [0.2, 0.25) is 11.8 Å². The number of fused-ring (bicyclic) bond motifs is 1. The van der Waals surface area contributed by atoms with Crippen LogP contribution in [-0.2, 0) is 22.4 Å². The van der Waals surface area contributed by atoms with Crippen LogP contribution in [0.4, 0.5) is 9.18 Å². The van der Waals surface area contributed by atoms with E-state index in [1.165, 1.54) is 6.07 Å². The summed E-state index contributed by atoms with van der Waals surface area (Å²) in [7, 11) is 1.55. The molecule has 0 fully saturated rings. The summed E-state index contributed by atoms with van der Waals surface area (Å²) < 4.78 is 31.3. The Balaban J connectivity index is 1.40. The normalized spacial score (nSPS) is 17.3. The number of benzene rings is 3. The molecule has 1 aromatic heterocycles. The molecular formula is C40H46FN3O7. The largest absolute Gasteiger partial charge is 0.490 e. The predicted molar refractivity (Wildman–Crippen MR) is 191 cm³/mol. The smallest absolute Gasteiger partial charge is 0.407 e. The minimum Gasteiger partial charge on any atom is -0.490 e. The Morgan fingerprint density at radius 2 is 1.75 bits per heavy atom. The van der Waals surface area contributed by atoms with E-state index in [1.807, 2.05) is 49.4 Å². The van der Waals surface area contributed by atoms with Crippen LogP contribution < -0.4 is 20.1 Å². The van der Waals surface area contributed by atoms with Crippen LogP contribution in [0, 0.1) is 18.7 Å². The number of hydrogen-bond acceptors (Lipinski definition) is 8. The lowest BCUT2D eigenvalue weighted by Crippen LogP contribution is -2.49. The van der Waals surface area contributed by atoms with Gasteiger partial charge in [0, 0.05) is 29.3 Å². The first-order chi connectivity index (χ1) is 24.3. The zero-order valence-electron chi connectivity index (χ0n) is 29.6. The number of ether oxygens (including phenoxy) is 3. The molecule has 5 atom stereocenters. The third kappa shape index (κ3) is 10.0. The first-order valence-electron chi connectivity index (χ1n) is 17.0. The Morgan fingerprint density at radius 1 is 1.02 bits per heavy atom. The van der Waals surface area contributed by atoms with Crippen molar-refractivity contribution in [2.45, 2.75) is 76.9 Å². The van der Waals surface area contributed by atoms with E-state index < -0.39 is 53.6 Å². The van der Waals surface area contributed by atoms with Crippen LogP contribution in [0.15, 0.2) is 85.1 Å². The zero-order valence-corrected chi connectivity index (χ0v) is 29.6. The van der Waals surface area contributed by atoms with Crippen molar-refractivity contribution >= 4 is 12.0 Å². The molecule has 0 spiro atoms. The Hall–Kier alpha value is -5.00. The van der Waals surface area contributed by atoms with E-state index in [4.69, 9.17) is 14.2 Å². The number of rotatable bonds is 12. The minimum atomic E-state index is -1.25. The molecular weight excluding hydrogens is 653 g/mol. The SMILES string of the molecule is COc1ccc(-c2ccc(C[C@H](NC(=O)OC(C)(C)C)[C@@H](O)C[C@@H](Cc3ccccc3F)C(=O)N[C@H]3c4cc(C)ccc4OC[C@H]3O)cc2)cn1. The van der Waals surface area contributed by atoms with Crippen LogP contribution >= 0.6 is 0 Å². The van der Waals surface area contributed by atoms with Gasteiger partial charge in [-0.1, -0.05) is 60.2 Å². The van der Waals surface area contributed by atoms with Crippen LogP contribution in [0.25, 0.3) is 11.1 Å². The van der Waals surface area contributed by atoms with Crippen LogP contribution in [0.5, 0.6) is 11.6 Å². The van der Waals surface area contributed by atoms with Crippen molar-refractivity contribution in [1.82, 2.24) is 15.6 Å². The van der Waals surface area contributed by atoms with Crippen molar-refractivity contribution in [3.63, 3.8) is 0 Å². The Bertz CT molecular complexity index is 1790. The molecule has 2 heterocycles. The standard InChI is InChI=1S/C40H46FN3O7/c1-24-10-16-35-30(18-24)37(34(46)23-50-35)44-38(47)29(20-27-8-6-7-9-31(27)41)21-33(45)32(43-39(48)51-40(2,3)4)19-25-11-13-26(14-12-25)28-15-17-36(49-5)42-22-28/h6-18,22,29,32-34,37,45-46H,19-21,23H2,1-5H3,(H,43,48)(H,44,47)/t29-,32+,33+,34-,37+/m1/s1. The van der Waals surface area contributed by atoms with Crippen molar-refractivity contribution in [3.8, 4) is 22.8 Å². The number of nitrogens with zero attached hydrogens (tertiary/aromatic N) is 1. The number of carbonyl (C=O) groups excluding carboxylic acids is 2. The van der Waals surface area contributed by atoms with Crippen molar-refractivity contribution in [2.75, 3.05) is 13.7 Å². The Labute approximate surface area is 298 Å². The van der Waals surface area contributed by atoms with Gasteiger partial charge in [0.05, 0.1) is 25.3 Å². The summed E-state index contributed by atoms with van der Waals surface area (Å²) in [5.41, 5.74) is 3.68. The number of hydrogen-bond donors (Lipinski definition) is 4. The molecule has 1 aliphatic heterocycles. The molecule has 11 heteroatoms. The average Bonchev–Trinajstić information content (AvgIpc) is 3.09. The van der Waals surface area contributed by atoms with E-state index >= 15 is 0 Å². The highest BCUT2D eigenvalue weighted by Crippen LogP contribution is 2.34. The van der Waals surface area contributed by atoms with Gasteiger partial charge in [-0.25, -0.2) is 14.2 Å². The molecule has 51 heavy (non-hydrogen) atoms. The van der Waals surface area contributed by atoms with Crippen LogP contribution in [0.1, 0.15) is 55.5 Å². The highest BCUT2D eigenvalue weighted by atomic mass is 19.1. The van der Waals surface area contributed by atoms with Gasteiger partial charge in [0.25, 0.3) is 0 Å². The van der Waals surface area contributed by atoms with E-state index in [-0.39, 0.29) is 25.9 Å². The molecule has 10 nitrogen and oxygen atoms in total. The molecule has 1 aliphatic rings. The first-order valence-corrected chi connectivity index (χ1v) is 17.0. The third-order valence-electron chi connectivity index (χ3n) is 8.77. The van der Waals surface area contributed by atoms with Gasteiger partial charge in [-0.05, 0) is 81.8 Å². The fourth-order valence-corrected chi connectivity index (χ4v) is 6.14. The summed E-state index contributed by atoms with van der Waals surface area (Å²) in [6.07, 6.45) is -1.24. The van der Waals surface area contributed by atoms with E-state index in [1.54, 1.807) is 64.4 Å². The maximum absolute atomic E-state index is 14.9. The number of nitrogens with one attached hydrogen (secondary N) is 2. The van der Waals surface area contributed by atoms with Crippen molar-refractivity contribution in [2.24, 2.45) is 5.92 Å². The van der Waals surface area contributed by atoms with Crippen LogP contribution in [0.3, 0.4) is 0 Å². The zero-order chi connectivity index (χ0) is 36.7. The lowest BCUT2D eigenvalue weighted by molar-refractivity contribution is -0.128. The molecule has 0 aliphatic carbocycles. The maximum Gasteiger partial charge on any atom is 0.407 e. The van der Waals surface area contributed by atoms with Gasteiger partial charge in [-0.3, -0.25) is 4.79 Å². The quantitative estimate of drug-likeness (QED) is 0.144. The minimum absolute atomic E-state index is 0.0166. The summed E-state index contributed by atoms with van der Waals surface area (Å²) >= 11 is 0. The van der Waals surface area contributed by atoms with Gasteiger partial charge in [0.1, 0.15) is 29.9 Å². The van der Waals surface area contributed by atoms with Gasteiger partial charge in [-0.2, -0.15) is 0 Å². The lowest BCUT2D eigenvalue weighted by atomic mass is 9.87. The molecule has 3 aromatic carbocycles. The second-order valence-electron chi connectivity index (χ2n) is 13.9. The molecule has 0 saturated heterocycles. The van der Waals surface area contributed by atoms with Crippen molar-refractivity contribution in [1.29, 1.82) is 0 Å². The fraction of sp³-hybridized carbons (Fsp3) is 0.375. The fourth-order valence-electron chi connectivity index (χ4n) is 6.14. The van der Waals surface area contributed by atoms with Gasteiger partial charge in [0.15, 0.2) is 0 Å². The molecule has 4 N–H and O–H groups in total. The number of aliphatic hydroxyl groups is 2. The van der Waals surface area contributed by atoms with Crippen LogP contribution in [0.2, 0.25) is 0 Å². The Morgan fingerprint density at radius 3 is 2.41 bits per heavy atom. The number of aromatic nitrogens is 1. The molecule has 0 radical (unpaired) electrons. The van der Waals surface area contributed by atoms with Gasteiger partial charge >= 0.3 is 6.09 Å². The maximum atomic E-state index is 14.9. The van der Waals surface area contributed by atoms with Crippen molar-refractivity contribution < 1.29 is 38.4 Å². The van der Waals surface area contributed by atoms with E-state index in [0.29, 0.717) is 22.8 Å². The number of halogens is 1. The molecule has 5 rings (SSSR count). The first kappa shape index (κ1) is 37.3. The highest BCUT2D eigenvalue weighted by molar-refractivity contribution is 5.80. The number of pyridine rings is 1. The second-order valence-corrected chi connectivity index (χ2v) is 13.9. The Kier molecular flexibility index (Phi) is 11.9. The molecule has 0 unspecified atom stereocenters. The number of amides is 2. The van der Waals surface area contributed by atoms with E-state index in [2.05, 4.69) is 15.6 Å². The number of alkyl carbamates (subject to hydrolysis) is 1. The lowest BCUT2D eigenvalue weighted by Gasteiger charge is -2.33. The number of methoxy groups -OCH3 is 1. The van der Waals surface area contributed by atoms with Gasteiger partial charge < -0.3 is 35.1 Å². The summed E-state index contributed by atoms with van der Waals surface area (Å²) in [6.45, 7) is 7.11. The number of aryl methyl sites for hydroxylation is 1. The second kappa shape index (κ2) is 16.3. The predicted octanol–water partition coefficient (Wildman–Crippen LogP) is 5.86. The summed E-state index contributed by atoms with van der Waals surface area (Å²) in [6, 6.07) is 21.3. The highest BCUT2D eigenvalue weighted by Gasteiger charge is 2.35. The molecule has 0 saturated carbocycles. The third-order valence-corrected chi connectivity index (χ3v) is 8.77. The molecule has 2 amide bonds. The number of carbonyl (C=O) groups is 2. The monoisotopic (exact) mass is 699 g/mol. The van der Waals surface area contributed by atoms with Crippen molar-refractivity contribution in [3.05, 3.63) is 113 Å².